The predicted molar refractivity (Wildman–Crippen MR) is 127 cm³/mol. The second kappa shape index (κ2) is 8.13. The minimum Gasteiger partial charge on any atom is -0.441 e. The third-order valence-electron chi connectivity index (χ3n) is 6.59. The van der Waals surface area contributed by atoms with Crippen LogP contribution in [0.15, 0.2) is 48.5 Å². The fraction of sp³-hybridized carbons (Fsp3) is 0.462. The quantitative estimate of drug-likeness (QED) is 0.547. The number of piperidine rings is 1. The fourth-order valence-corrected chi connectivity index (χ4v) is 4.93. The molecule has 1 amide bonds. The summed E-state index contributed by atoms with van der Waals surface area (Å²) in [7, 11) is 0. The number of nitrogens with zero attached hydrogens (tertiary/aromatic N) is 4. The number of para-hydroxylation sites is 1. The fourth-order valence-electron chi connectivity index (χ4n) is 4.93. The van der Waals surface area contributed by atoms with Crippen molar-refractivity contribution in [1.29, 1.82) is 0 Å². The number of carbonyl (C=O) groups excluding carboxylic acids is 1. The highest BCUT2D eigenvalue weighted by atomic mass is 19.1. The number of carbonyl (C=O) groups is 1. The van der Waals surface area contributed by atoms with E-state index in [4.69, 9.17) is 9.84 Å². The van der Waals surface area contributed by atoms with E-state index < -0.39 is 5.60 Å². The van der Waals surface area contributed by atoms with Crippen LogP contribution >= 0.6 is 0 Å². The Morgan fingerprint density at radius 3 is 2.52 bits per heavy atom. The number of halogens is 1. The van der Waals surface area contributed by atoms with Gasteiger partial charge in [-0.05, 0) is 35.7 Å². The molecule has 0 atom stereocenters. The van der Waals surface area contributed by atoms with Gasteiger partial charge in [0, 0.05) is 50.1 Å². The van der Waals surface area contributed by atoms with E-state index in [0.29, 0.717) is 13.1 Å². The lowest BCUT2D eigenvalue weighted by molar-refractivity contribution is -0.00120. The summed E-state index contributed by atoms with van der Waals surface area (Å²) in [5, 5.41) is 5.75. The zero-order chi connectivity index (χ0) is 23.2. The zero-order valence-electron chi connectivity index (χ0n) is 19.6. The summed E-state index contributed by atoms with van der Waals surface area (Å²) in [6.07, 6.45) is 1.28. The third kappa shape index (κ3) is 4.47. The first-order chi connectivity index (χ1) is 15.7. The first kappa shape index (κ1) is 21.9. The average Bonchev–Trinajstić information content (AvgIpc) is 3.26. The largest absolute Gasteiger partial charge is 0.441 e. The second-order valence-corrected chi connectivity index (χ2v) is 10.6. The molecule has 1 spiro atoms. The molecular weight excluding hydrogens is 419 g/mol. The smallest absolute Gasteiger partial charge is 0.415 e. The molecule has 0 saturated carbocycles. The molecule has 3 heterocycles. The summed E-state index contributed by atoms with van der Waals surface area (Å²) in [5.41, 5.74) is 2.37. The Labute approximate surface area is 193 Å². The Morgan fingerprint density at radius 1 is 1.09 bits per heavy atom. The summed E-state index contributed by atoms with van der Waals surface area (Å²) in [6, 6.07) is 14.6. The molecule has 6 nitrogen and oxygen atoms in total. The van der Waals surface area contributed by atoms with Gasteiger partial charge >= 0.3 is 6.09 Å². The van der Waals surface area contributed by atoms with Crippen LogP contribution in [0.25, 0.3) is 10.9 Å². The van der Waals surface area contributed by atoms with E-state index in [2.05, 4.69) is 25.7 Å². The highest BCUT2D eigenvalue weighted by molar-refractivity contribution is 5.90. The maximum absolute atomic E-state index is 14.1. The molecule has 0 radical (unpaired) electrons. The van der Waals surface area contributed by atoms with Crippen LogP contribution in [0.3, 0.4) is 0 Å². The van der Waals surface area contributed by atoms with E-state index in [9.17, 15) is 9.18 Å². The number of likely N-dealkylation sites (tertiary alicyclic amines) is 1. The Kier molecular flexibility index (Phi) is 5.40. The van der Waals surface area contributed by atoms with Crippen molar-refractivity contribution in [3.8, 4) is 0 Å². The standard InChI is InChI=1S/C26H31FN4O2/c1-25(2,3)17-31-23-10-9-19(27)15-21(23)22(28-31)16-29-13-11-26(12-14-29)18-30(24(32)33-26)20-7-5-4-6-8-20/h4-10,15H,11-14,16-18H2,1-3H3. The molecule has 2 aliphatic heterocycles. The average molecular weight is 451 g/mol. The summed E-state index contributed by atoms with van der Waals surface area (Å²) in [4.78, 5) is 16.6. The van der Waals surface area contributed by atoms with Crippen LogP contribution in [-0.4, -0.2) is 46.0 Å². The summed E-state index contributed by atoms with van der Waals surface area (Å²) in [6.45, 7) is 10.1. The van der Waals surface area contributed by atoms with Gasteiger partial charge in [-0.25, -0.2) is 9.18 Å². The molecule has 0 N–H and O–H groups in total. The Hall–Kier alpha value is -2.93. The first-order valence-electron chi connectivity index (χ1n) is 11.6. The lowest BCUT2D eigenvalue weighted by Gasteiger charge is -2.37. The molecule has 0 bridgehead atoms. The van der Waals surface area contributed by atoms with Crippen molar-refractivity contribution in [2.75, 3.05) is 24.5 Å². The van der Waals surface area contributed by atoms with Gasteiger partial charge in [-0.2, -0.15) is 5.10 Å². The van der Waals surface area contributed by atoms with Crippen LogP contribution in [0.1, 0.15) is 39.3 Å². The molecular formula is C26H31FN4O2. The summed E-state index contributed by atoms with van der Waals surface area (Å²) < 4.78 is 21.9. The van der Waals surface area contributed by atoms with Crippen molar-refractivity contribution in [3.05, 3.63) is 60.0 Å². The highest BCUT2D eigenvalue weighted by Crippen LogP contribution is 2.36. The number of aromatic nitrogens is 2. The predicted octanol–water partition coefficient (Wildman–Crippen LogP) is 5.21. The van der Waals surface area contributed by atoms with Gasteiger partial charge in [0.2, 0.25) is 0 Å². The van der Waals surface area contributed by atoms with Crippen molar-refractivity contribution in [3.63, 3.8) is 0 Å². The van der Waals surface area contributed by atoms with E-state index in [-0.39, 0.29) is 17.3 Å². The van der Waals surface area contributed by atoms with Crippen LogP contribution in [0.5, 0.6) is 0 Å². The van der Waals surface area contributed by atoms with Gasteiger partial charge in [-0.3, -0.25) is 14.5 Å². The van der Waals surface area contributed by atoms with E-state index in [1.807, 2.05) is 41.1 Å². The van der Waals surface area contributed by atoms with Gasteiger partial charge in [-0.1, -0.05) is 39.0 Å². The first-order valence-corrected chi connectivity index (χ1v) is 11.6. The number of hydrogen-bond acceptors (Lipinski definition) is 4. The van der Waals surface area contributed by atoms with Crippen molar-refractivity contribution in [1.82, 2.24) is 14.7 Å². The molecule has 33 heavy (non-hydrogen) atoms. The number of anilines is 1. The number of hydrogen-bond donors (Lipinski definition) is 0. The minimum atomic E-state index is -0.441. The Morgan fingerprint density at radius 2 is 1.82 bits per heavy atom. The van der Waals surface area contributed by atoms with Gasteiger partial charge in [-0.15, -0.1) is 0 Å². The van der Waals surface area contributed by atoms with Crippen LogP contribution in [0.2, 0.25) is 0 Å². The summed E-state index contributed by atoms with van der Waals surface area (Å²) >= 11 is 0. The Bertz CT molecular complexity index is 1160. The Balaban J connectivity index is 1.30. The molecule has 2 fully saturated rings. The molecule has 2 saturated heterocycles. The number of benzene rings is 2. The van der Waals surface area contributed by atoms with E-state index in [0.717, 1.165) is 54.8 Å². The molecule has 2 aliphatic rings. The van der Waals surface area contributed by atoms with Crippen molar-refractivity contribution in [2.24, 2.45) is 5.41 Å². The van der Waals surface area contributed by atoms with E-state index in [1.54, 1.807) is 11.0 Å². The number of ether oxygens (including phenoxy) is 1. The van der Waals surface area contributed by atoms with E-state index >= 15 is 0 Å². The van der Waals surface area contributed by atoms with Crippen molar-refractivity contribution >= 4 is 22.7 Å². The molecule has 1 aromatic heterocycles. The van der Waals surface area contributed by atoms with Gasteiger partial charge in [0.05, 0.1) is 17.8 Å². The monoisotopic (exact) mass is 450 g/mol. The summed E-state index contributed by atoms with van der Waals surface area (Å²) in [5.74, 6) is -0.240. The topological polar surface area (TPSA) is 50.6 Å². The van der Waals surface area contributed by atoms with Gasteiger partial charge in [0.15, 0.2) is 0 Å². The normalized spacial score (nSPS) is 18.9. The lowest BCUT2D eigenvalue weighted by atomic mass is 9.91. The molecule has 3 aromatic rings. The SMILES string of the molecule is CC(C)(C)Cn1nc(CN2CCC3(CC2)CN(c2ccccc2)C(=O)O3)c2cc(F)ccc21. The second-order valence-electron chi connectivity index (χ2n) is 10.6. The van der Waals surface area contributed by atoms with Crippen molar-refractivity contribution in [2.45, 2.75) is 52.3 Å². The lowest BCUT2D eigenvalue weighted by Crippen LogP contribution is -2.46. The van der Waals surface area contributed by atoms with Gasteiger partial charge in [0.25, 0.3) is 0 Å². The third-order valence-corrected chi connectivity index (χ3v) is 6.59. The van der Waals surface area contributed by atoms with Gasteiger partial charge in [0.1, 0.15) is 11.4 Å². The van der Waals surface area contributed by atoms with Crippen molar-refractivity contribution < 1.29 is 13.9 Å². The molecule has 5 rings (SSSR count). The number of rotatable bonds is 4. The van der Waals surface area contributed by atoms with Crippen LogP contribution in [0, 0.1) is 11.2 Å². The van der Waals surface area contributed by atoms with Crippen LogP contribution in [-0.2, 0) is 17.8 Å². The molecule has 7 heteroatoms. The minimum absolute atomic E-state index is 0.0685. The number of amides is 1. The highest BCUT2D eigenvalue weighted by Gasteiger charge is 2.47. The van der Waals surface area contributed by atoms with Crippen LogP contribution < -0.4 is 4.90 Å². The molecule has 174 valence electrons. The molecule has 2 aromatic carbocycles. The zero-order valence-corrected chi connectivity index (χ0v) is 19.6. The van der Waals surface area contributed by atoms with Gasteiger partial charge < -0.3 is 4.74 Å². The molecule has 0 unspecified atom stereocenters. The maximum atomic E-state index is 14.1. The van der Waals surface area contributed by atoms with E-state index in [1.165, 1.54) is 6.07 Å². The number of fused-ring (bicyclic) bond motifs is 1. The van der Waals surface area contributed by atoms with Crippen LogP contribution in [0.4, 0.5) is 14.9 Å². The maximum Gasteiger partial charge on any atom is 0.415 e. The molecule has 0 aliphatic carbocycles.